The van der Waals surface area contributed by atoms with Crippen molar-refractivity contribution in [3.05, 3.63) is 29.8 Å². The van der Waals surface area contributed by atoms with Gasteiger partial charge in [-0.3, -0.25) is 4.79 Å². The third-order valence-corrected chi connectivity index (χ3v) is 5.08. The second-order valence-electron chi connectivity index (χ2n) is 6.46. The van der Waals surface area contributed by atoms with Crippen LogP contribution in [0.4, 0.5) is 0 Å². The van der Waals surface area contributed by atoms with E-state index in [1.165, 1.54) is 12.8 Å². The molecule has 2 aliphatic heterocycles. The molecule has 2 fully saturated rings. The molecule has 0 aromatic heterocycles. The van der Waals surface area contributed by atoms with Gasteiger partial charge in [0.2, 0.25) is 0 Å². The van der Waals surface area contributed by atoms with Crippen LogP contribution in [0.3, 0.4) is 0 Å². The molecule has 21 heavy (non-hydrogen) atoms. The van der Waals surface area contributed by atoms with Crippen molar-refractivity contribution in [2.24, 2.45) is 5.92 Å². The van der Waals surface area contributed by atoms with Gasteiger partial charge in [-0.05, 0) is 63.4 Å². The van der Waals surface area contributed by atoms with Crippen molar-refractivity contribution in [1.29, 1.82) is 0 Å². The van der Waals surface area contributed by atoms with Gasteiger partial charge < -0.3 is 9.64 Å². The summed E-state index contributed by atoms with van der Waals surface area (Å²) in [4.78, 5) is 15.2. The Balaban J connectivity index is 1.65. The van der Waals surface area contributed by atoms with Crippen molar-refractivity contribution in [2.75, 3.05) is 13.7 Å². The Morgan fingerprint density at radius 3 is 2.38 bits per heavy atom. The van der Waals surface area contributed by atoms with Gasteiger partial charge in [0.15, 0.2) is 5.78 Å². The second-order valence-corrected chi connectivity index (χ2v) is 6.46. The molecule has 2 heterocycles. The molecule has 1 aromatic carbocycles. The number of carbonyl (C=O) groups excluding carboxylic acids is 1. The van der Waals surface area contributed by atoms with Crippen LogP contribution in [0.15, 0.2) is 24.3 Å². The predicted molar refractivity (Wildman–Crippen MR) is 83.9 cm³/mol. The van der Waals surface area contributed by atoms with Gasteiger partial charge in [-0.1, -0.05) is 6.92 Å². The molecule has 0 aliphatic carbocycles. The molecule has 2 bridgehead atoms. The maximum absolute atomic E-state index is 12.7. The van der Waals surface area contributed by atoms with E-state index < -0.39 is 0 Å². The van der Waals surface area contributed by atoms with Gasteiger partial charge in [-0.15, -0.1) is 0 Å². The molecule has 0 N–H and O–H groups in total. The van der Waals surface area contributed by atoms with Gasteiger partial charge in [0.1, 0.15) is 5.75 Å². The molecular weight excluding hydrogens is 262 g/mol. The van der Waals surface area contributed by atoms with Crippen LogP contribution in [0.25, 0.3) is 0 Å². The van der Waals surface area contributed by atoms with Crippen LogP contribution in [0, 0.1) is 5.92 Å². The topological polar surface area (TPSA) is 29.5 Å². The highest BCUT2D eigenvalue weighted by atomic mass is 16.5. The summed E-state index contributed by atoms with van der Waals surface area (Å²) in [5.74, 6) is 1.39. The summed E-state index contributed by atoms with van der Waals surface area (Å²) in [6.07, 6.45) is 5.57. The molecule has 2 saturated heterocycles. The second kappa shape index (κ2) is 6.18. The number of piperidine rings is 1. The molecule has 0 radical (unpaired) electrons. The predicted octanol–water partition coefficient (Wildman–Crippen LogP) is 3.53. The van der Waals surface area contributed by atoms with Gasteiger partial charge in [-0.25, -0.2) is 0 Å². The standard InChI is InChI=1S/C18H25NO2/c1-3-10-21-17-8-4-13(5-9-17)18(20)14-11-15-6-7-16(12-14)19(15)2/h4-5,8-9,14-16H,3,6-7,10-12H2,1-2H3. The first-order valence-electron chi connectivity index (χ1n) is 8.18. The van der Waals surface area contributed by atoms with Crippen LogP contribution in [0.2, 0.25) is 0 Å². The molecule has 3 rings (SSSR count). The number of rotatable bonds is 5. The maximum Gasteiger partial charge on any atom is 0.166 e. The van der Waals surface area contributed by atoms with E-state index in [0.29, 0.717) is 17.9 Å². The molecule has 0 saturated carbocycles. The number of nitrogens with zero attached hydrogens (tertiary/aromatic N) is 1. The summed E-state index contributed by atoms with van der Waals surface area (Å²) in [5.41, 5.74) is 0.841. The van der Waals surface area contributed by atoms with Crippen LogP contribution in [-0.4, -0.2) is 36.4 Å². The highest BCUT2D eigenvalue weighted by molar-refractivity contribution is 5.98. The van der Waals surface area contributed by atoms with Crippen LogP contribution in [0.1, 0.15) is 49.4 Å². The molecule has 0 amide bonds. The number of carbonyl (C=O) groups is 1. The molecule has 114 valence electrons. The Kier molecular flexibility index (Phi) is 4.29. The number of fused-ring (bicyclic) bond motifs is 2. The molecule has 2 atom stereocenters. The molecule has 1 aromatic rings. The minimum atomic E-state index is 0.209. The zero-order valence-electron chi connectivity index (χ0n) is 13.0. The number of ketones is 1. The summed E-state index contributed by atoms with van der Waals surface area (Å²) >= 11 is 0. The Morgan fingerprint density at radius 1 is 1.19 bits per heavy atom. The van der Waals surface area contributed by atoms with Crippen LogP contribution >= 0.6 is 0 Å². The fourth-order valence-electron chi connectivity index (χ4n) is 3.80. The van der Waals surface area contributed by atoms with Crippen molar-refractivity contribution < 1.29 is 9.53 Å². The molecular formula is C18H25NO2. The lowest BCUT2D eigenvalue weighted by Crippen LogP contribution is -2.42. The lowest BCUT2D eigenvalue weighted by atomic mass is 9.85. The first-order valence-corrected chi connectivity index (χ1v) is 8.18. The van der Waals surface area contributed by atoms with Crippen molar-refractivity contribution in [3.8, 4) is 5.75 Å². The molecule has 0 spiro atoms. The fourth-order valence-corrected chi connectivity index (χ4v) is 3.80. The van der Waals surface area contributed by atoms with Crippen molar-refractivity contribution in [2.45, 2.75) is 51.1 Å². The first kappa shape index (κ1) is 14.6. The monoisotopic (exact) mass is 287 g/mol. The van der Waals surface area contributed by atoms with E-state index in [0.717, 1.165) is 37.2 Å². The van der Waals surface area contributed by atoms with E-state index in [1.54, 1.807) is 0 Å². The van der Waals surface area contributed by atoms with Gasteiger partial charge >= 0.3 is 0 Å². The van der Waals surface area contributed by atoms with Gasteiger partial charge in [-0.2, -0.15) is 0 Å². The van der Waals surface area contributed by atoms with Crippen molar-refractivity contribution in [1.82, 2.24) is 4.90 Å². The minimum Gasteiger partial charge on any atom is -0.494 e. The molecule has 2 aliphatic rings. The average Bonchev–Trinajstić information content (AvgIpc) is 2.74. The van der Waals surface area contributed by atoms with Crippen molar-refractivity contribution >= 4 is 5.78 Å². The van der Waals surface area contributed by atoms with E-state index in [1.807, 2.05) is 24.3 Å². The van der Waals surface area contributed by atoms with Crippen molar-refractivity contribution in [3.63, 3.8) is 0 Å². The van der Waals surface area contributed by atoms with E-state index in [4.69, 9.17) is 4.74 Å². The normalized spacial score (nSPS) is 28.6. The van der Waals surface area contributed by atoms with E-state index in [9.17, 15) is 4.79 Å². The summed E-state index contributed by atoms with van der Waals surface area (Å²) in [6, 6.07) is 8.93. The number of Topliss-reactive ketones (excluding diaryl/α,β-unsaturated/α-hetero) is 1. The first-order chi connectivity index (χ1) is 10.2. The van der Waals surface area contributed by atoms with Crippen LogP contribution in [0.5, 0.6) is 5.75 Å². The van der Waals surface area contributed by atoms with Gasteiger partial charge in [0.25, 0.3) is 0 Å². The van der Waals surface area contributed by atoms with Crippen LogP contribution < -0.4 is 4.74 Å². The quantitative estimate of drug-likeness (QED) is 0.776. The number of hydrogen-bond acceptors (Lipinski definition) is 3. The van der Waals surface area contributed by atoms with Gasteiger partial charge in [0, 0.05) is 23.6 Å². The lowest BCUT2D eigenvalue weighted by Gasteiger charge is -2.35. The Labute approximate surface area is 127 Å². The van der Waals surface area contributed by atoms with Crippen LogP contribution in [-0.2, 0) is 0 Å². The Hall–Kier alpha value is -1.35. The third-order valence-electron chi connectivity index (χ3n) is 5.08. The number of benzene rings is 1. The Morgan fingerprint density at radius 2 is 1.81 bits per heavy atom. The summed E-state index contributed by atoms with van der Waals surface area (Å²) in [6.45, 7) is 2.82. The number of ether oxygens (including phenoxy) is 1. The molecule has 2 unspecified atom stereocenters. The highest BCUT2D eigenvalue weighted by Crippen LogP contribution is 2.38. The SMILES string of the molecule is CCCOc1ccc(C(=O)C2CC3CCC(C2)N3C)cc1. The highest BCUT2D eigenvalue weighted by Gasteiger charge is 2.40. The van der Waals surface area contributed by atoms with E-state index >= 15 is 0 Å². The zero-order chi connectivity index (χ0) is 14.8. The summed E-state index contributed by atoms with van der Waals surface area (Å²) in [5, 5.41) is 0. The lowest BCUT2D eigenvalue weighted by molar-refractivity contribution is 0.0767. The Bertz CT molecular complexity index is 482. The van der Waals surface area contributed by atoms with E-state index in [2.05, 4.69) is 18.9 Å². The number of hydrogen-bond donors (Lipinski definition) is 0. The summed E-state index contributed by atoms with van der Waals surface area (Å²) < 4.78 is 5.58. The van der Waals surface area contributed by atoms with E-state index in [-0.39, 0.29) is 5.92 Å². The molecule has 3 nitrogen and oxygen atoms in total. The van der Waals surface area contributed by atoms with Gasteiger partial charge in [0.05, 0.1) is 6.61 Å². The molecule has 3 heteroatoms. The smallest absolute Gasteiger partial charge is 0.166 e. The maximum atomic E-state index is 12.7. The summed E-state index contributed by atoms with van der Waals surface area (Å²) in [7, 11) is 2.21. The zero-order valence-corrected chi connectivity index (χ0v) is 13.0. The minimum absolute atomic E-state index is 0.209. The largest absolute Gasteiger partial charge is 0.494 e. The third kappa shape index (κ3) is 2.98. The fraction of sp³-hybridized carbons (Fsp3) is 0.611. The average molecular weight is 287 g/mol.